The summed E-state index contributed by atoms with van der Waals surface area (Å²) < 4.78 is 5.49. The third-order valence-corrected chi connectivity index (χ3v) is 3.44. The molecule has 0 heterocycles. The Balaban J connectivity index is 2.51. The molecule has 1 amide bonds. The first-order valence-electron chi connectivity index (χ1n) is 8.51. The largest absolute Gasteiger partial charge is 0.481 e. The van der Waals surface area contributed by atoms with Gasteiger partial charge in [-0.15, -0.1) is 0 Å². The summed E-state index contributed by atoms with van der Waals surface area (Å²) in [7, 11) is 0. The molecule has 5 heteroatoms. The van der Waals surface area contributed by atoms with Gasteiger partial charge in [0.05, 0.1) is 0 Å². The molecule has 24 heavy (non-hydrogen) atoms. The van der Waals surface area contributed by atoms with E-state index >= 15 is 0 Å². The molecule has 0 spiro atoms. The summed E-state index contributed by atoms with van der Waals surface area (Å²) in [6.07, 6.45) is 3.18. The summed E-state index contributed by atoms with van der Waals surface area (Å²) in [6.45, 7) is 6.70. The smallest absolute Gasteiger partial charge is 0.410 e. The number of nitrogens with zero attached hydrogens (tertiary/aromatic N) is 1. The third kappa shape index (κ3) is 9.18. The van der Waals surface area contributed by atoms with Gasteiger partial charge in [0.25, 0.3) is 0 Å². The van der Waals surface area contributed by atoms with Gasteiger partial charge in [0.15, 0.2) is 0 Å². The highest BCUT2D eigenvalue weighted by atomic mass is 16.6. The van der Waals surface area contributed by atoms with Crippen LogP contribution in [0.4, 0.5) is 4.79 Å². The van der Waals surface area contributed by atoms with Crippen LogP contribution in [0.1, 0.15) is 58.4 Å². The lowest BCUT2D eigenvalue weighted by Crippen LogP contribution is -2.37. The van der Waals surface area contributed by atoms with E-state index in [0.29, 0.717) is 19.5 Å². The van der Waals surface area contributed by atoms with Crippen molar-refractivity contribution in [1.29, 1.82) is 0 Å². The average molecular weight is 335 g/mol. The molecule has 0 fully saturated rings. The maximum absolute atomic E-state index is 12.4. The minimum atomic E-state index is -0.755. The van der Waals surface area contributed by atoms with Crippen LogP contribution in [-0.4, -0.2) is 34.2 Å². The van der Waals surface area contributed by atoms with E-state index in [4.69, 9.17) is 9.84 Å². The van der Waals surface area contributed by atoms with Gasteiger partial charge in [0, 0.05) is 19.5 Å². The van der Waals surface area contributed by atoms with Crippen molar-refractivity contribution in [2.45, 2.75) is 65.0 Å². The Bertz CT molecular complexity index is 508. The minimum Gasteiger partial charge on any atom is -0.481 e. The van der Waals surface area contributed by atoms with Crippen LogP contribution in [0.25, 0.3) is 0 Å². The molecule has 0 saturated carbocycles. The first-order chi connectivity index (χ1) is 11.3. The van der Waals surface area contributed by atoms with Crippen molar-refractivity contribution < 1.29 is 19.4 Å². The highest BCUT2D eigenvalue weighted by Crippen LogP contribution is 2.14. The van der Waals surface area contributed by atoms with Gasteiger partial charge in [0.2, 0.25) is 0 Å². The molecule has 0 bridgehead atoms. The van der Waals surface area contributed by atoms with Gasteiger partial charge in [-0.1, -0.05) is 43.2 Å². The van der Waals surface area contributed by atoms with Gasteiger partial charge in [0.1, 0.15) is 5.60 Å². The van der Waals surface area contributed by atoms with E-state index in [0.717, 1.165) is 24.8 Å². The number of hydrogen-bond acceptors (Lipinski definition) is 3. The van der Waals surface area contributed by atoms with Crippen LogP contribution >= 0.6 is 0 Å². The standard InChI is InChI=1S/C19H29NO4/c1-19(2,3)24-18(23)20(15-16-11-7-6-8-12-16)14-10-5-4-9-13-17(21)22/h6-8,11-12H,4-5,9-10,13-15H2,1-3H3,(H,21,22). The zero-order valence-corrected chi connectivity index (χ0v) is 15.0. The number of carbonyl (C=O) groups excluding carboxylic acids is 1. The lowest BCUT2D eigenvalue weighted by molar-refractivity contribution is -0.137. The van der Waals surface area contributed by atoms with Crippen molar-refractivity contribution in [2.75, 3.05) is 6.54 Å². The summed E-state index contributed by atoms with van der Waals surface area (Å²) in [4.78, 5) is 24.6. The van der Waals surface area contributed by atoms with E-state index in [1.54, 1.807) is 4.90 Å². The van der Waals surface area contributed by atoms with Crippen LogP contribution in [-0.2, 0) is 16.1 Å². The molecule has 0 saturated heterocycles. The van der Waals surface area contributed by atoms with Crippen LogP contribution in [0, 0.1) is 0 Å². The Morgan fingerprint density at radius 1 is 1.04 bits per heavy atom. The van der Waals surface area contributed by atoms with E-state index in [2.05, 4.69) is 0 Å². The average Bonchev–Trinajstić information content (AvgIpc) is 2.48. The number of benzene rings is 1. The molecule has 1 N–H and O–H groups in total. The number of carbonyl (C=O) groups is 2. The van der Waals surface area contributed by atoms with Gasteiger partial charge in [-0.25, -0.2) is 4.79 Å². The zero-order valence-electron chi connectivity index (χ0n) is 15.0. The number of aliphatic carboxylic acids is 1. The topological polar surface area (TPSA) is 66.8 Å². The molecule has 0 aliphatic carbocycles. The Kier molecular flexibility index (Phi) is 8.30. The Hall–Kier alpha value is -2.04. The van der Waals surface area contributed by atoms with E-state index in [9.17, 15) is 9.59 Å². The monoisotopic (exact) mass is 335 g/mol. The fourth-order valence-electron chi connectivity index (χ4n) is 2.30. The second-order valence-corrected chi connectivity index (χ2v) is 6.95. The van der Waals surface area contributed by atoms with Gasteiger partial charge < -0.3 is 14.7 Å². The third-order valence-electron chi connectivity index (χ3n) is 3.44. The molecule has 0 aliphatic rings. The van der Waals surface area contributed by atoms with Crippen molar-refractivity contribution in [2.24, 2.45) is 0 Å². The molecule has 0 aliphatic heterocycles. The van der Waals surface area contributed by atoms with Crippen LogP contribution in [0.2, 0.25) is 0 Å². The van der Waals surface area contributed by atoms with Crippen molar-refractivity contribution in [3.8, 4) is 0 Å². The van der Waals surface area contributed by atoms with Gasteiger partial charge >= 0.3 is 12.1 Å². The van der Waals surface area contributed by atoms with Crippen LogP contribution in [0.3, 0.4) is 0 Å². The lowest BCUT2D eigenvalue weighted by atomic mass is 10.1. The highest BCUT2D eigenvalue weighted by molar-refractivity contribution is 5.68. The van der Waals surface area contributed by atoms with E-state index in [-0.39, 0.29) is 12.5 Å². The molecule has 0 unspecified atom stereocenters. The van der Waals surface area contributed by atoms with E-state index < -0.39 is 11.6 Å². The summed E-state index contributed by atoms with van der Waals surface area (Å²) in [6, 6.07) is 9.83. The second kappa shape index (κ2) is 9.96. The fraction of sp³-hybridized carbons (Fsp3) is 0.579. The number of carboxylic acid groups (broad SMARTS) is 1. The molecule has 1 aromatic rings. The van der Waals surface area contributed by atoms with Crippen LogP contribution in [0.5, 0.6) is 0 Å². The van der Waals surface area contributed by atoms with Gasteiger partial charge in [-0.05, 0) is 39.2 Å². The van der Waals surface area contributed by atoms with Crippen molar-refractivity contribution in [1.82, 2.24) is 4.90 Å². The molecular formula is C19H29NO4. The Morgan fingerprint density at radius 3 is 2.25 bits per heavy atom. The fourth-order valence-corrected chi connectivity index (χ4v) is 2.30. The number of carboxylic acids is 1. The Morgan fingerprint density at radius 2 is 1.67 bits per heavy atom. The summed E-state index contributed by atoms with van der Waals surface area (Å²) in [5.74, 6) is -0.755. The first kappa shape index (κ1) is 20.0. The maximum atomic E-state index is 12.4. The normalized spacial score (nSPS) is 11.1. The summed E-state index contributed by atoms with van der Waals surface area (Å²) >= 11 is 0. The molecule has 0 aromatic heterocycles. The number of ether oxygens (including phenoxy) is 1. The van der Waals surface area contributed by atoms with E-state index in [1.165, 1.54) is 0 Å². The predicted molar refractivity (Wildman–Crippen MR) is 93.8 cm³/mol. The number of unbranched alkanes of at least 4 members (excludes halogenated alkanes) is 3. The number of hydrogen-bond donors (Lipinski definition) is 1. The lowest BCUT2D eigenvalue weighted by Gasteiger charge is -2.27. The molecule has 5 nitrogen and oxygen atoms in total. The number of amides is 1. The molecule has 0 radical (unpaired) electrons. The Labute approximate surface area is 144 Å². The van der Waals surface area contributed by atoms with E-state index in [1.807, 2.05) is 51.1 Å². The number of rotatable bonds is 9. The second-order valence-electron chi connectivity index (χ2n) is 6.95. The molecule has 134 valence electrons. The molecule has 1 aromatic carbocycles. The SMILES string of the molecule is CC(C)(C)OC(=O)N(CCCCCCC(=O)O)Cc1ccccc1. The highest BCUT2D eigenvalue weighted by Gasteiger charge is 2.21. The first-order valence-corrected chi connectivity index (χ1v) is 8.51. The van der Waals surface area contributed by atoms with Crippen LogP contribution in [0.15, 0.2) is 30.3 Å². The van der Waals surface area contributed by atoms with Crippen molar-refractivity contribution in [3.63, 3.8) is 0 Å². The summed E-state index contributed by atoms with van der Waals surface area (Å²) in [5, 5.41) is 8.63. The van der Waals surface area contributed by atoms with Crippen LogP contribution < -0.4 is 0 Å². The molecular weight excluding hydrogens is 306 g/mol. The predicted octanol–water partition coefficient (Wildman–Crippen LogP) is 4.46. The maximum Gasteiger partial charge on any atom is 0.410 e. The molecule has 1 rings (SSSR count). The van der Waals surface area contributed by atoms with Gasteiger partial charge in [-0.3, -0.25) is 4.79 Å². The minimum absolute atomic E-state index is 0.208. The van der Waals surface area contributed by atoms with Crippen molar-refractivity contribution >= 4 is 12.1 Å². The van der Waals surface area contributed by atoms with Crippen molar-refractivity contribution in [3.05, 3.63) is 35.9 Å². The quantitative estimate of drug-likeness (QED) is 0.677. The zero-order chi connectivity index (χ0) is 18.0. The summed E-state index contributed by atoms with van der Waals surface area (Å²) in [5.41, 5.74) is 0.544. The van der Waals surface area contributed by atoms with Gasteiger partial charge in [-0.2, -0.15) is 0 Å². The molecule has 0 atom stereocenters.